The van der Waals surface area contributed by atoms with Gasteiger partial charge in [0.05, 0.1) is 23.7 Å². The Hall–Kier alpha value is -1.21. The van der Waals surface area contributed by atoms with Gasteiger partial charge < -0.3 is 25.5 Å². The molecule has 6 nitrogen and oxygen atoms in total. The molecule has 5 N–H and O–H groups in total. The summed E-state index contributed by atoms with van der Waals surface area (Å²) in [4.78, 5) is 12.8. The summed E-state index contributed by atoms with van der Waals surface area (Å²) in [7, 11) is 0. The lowest BCUT2D eigenvalue weighted by atomic mass is 9.32. The summed E-state index contributed by atoms with van der Waals surface area (Å²) in [6, 6.07) is 0. The summed E-state index contributed by atoms with van der Waals surface area (Å²) in [6.07, 6.45) is 4.39. The minimum Gasteiger partial charge on any atom is -0.481 e. The molecule has 0 bridgehead atoms. The Kier molecular flexibility index (Phi) is 5.63. The van der Waals surface area contributed by atoms with E-state index in [1.807, 2.05) is 26.8 Å². The van der Waals surface area contributed by atoms with Gasteiger partial charge in [-0.15, -0.1) is 0 Å². The average molecular weight is 503 g/mol. The van der Waals surface area contributed by atoms with E-state index in [4.69, 9.17) is 0 Å². The van der Waals surface area contributed by atoms with E-state index in [9.17, 15) is 30.3 Å². The summed E-state index contributed by atoms with van der Waals surface area (Å²) in [5.74, 6) is -0.844. The zero-order valence-corrected chi connectivity index (χ0v) is 22.9. The zero-order chi connectivity index (χ0) is 26.8. The van der Waals surface area contributed by atoms with Crippen molar-refractivity contribution >= 4 is 5.97 Å². The smallest absolute Gasteiger partial charge is 0.314 e. The molecule has 0 aromatic carbocycles. The monoisotopic (exact) mass is 502 g/mol. The molecule has 0 aromatic rings. The molecule has 0 heterocycles. The third kappa shape index (κ3) is 2.80. The van der Waals surface area contributed by atoms with Crippen molar-refractivity contribution in [2.45, 2.75) is 98.6 Å². The second-order valence-corrected chi connectivity index (χ2v) is 14.4. The van der Waals surface area contributed by atoms with Crippen LogP contribution in [-0.4, -0.2) is 55.9 Å². The minimum absolute atomic E-state index is 0.0345. The maximum Gasteiger partial charge on any atom is 0.314 e. The molecule has 5 aliphatic rings. The molecule has 3 fully saturated rings. The molecule has 3 saturated carbocycles. The van der Waals surface area contributed by atoms with Crippen molar-refractivity contribution in [1.82, 2.24) is 0 Å². The Bertz CT molecular complexity index is 1020. The van der Waals surface area contributed by atoms with Crippen LogP contribution in [0, 0.1) is 56.7 Å². The molecule has 5 aliphatic carbocycles. The van der Waals surface area contributed by atoms with Gasteiger partial charge in [0.2, 0.25) is 0 Å². The van der Waals surface area contributed by atoms with Crippen molar-refractivity contribution in [3.63, 3.8) is 0 Å². The maximum atomic E-state index is 12.8. The Morgan fingerprint density at radius 3 is 2.22 bits per heavy atom. The number of aliphatic carboxylic acids is 1. The topological polar surface area (TPSA) is 118 Å². The van der Waals surface area contributed by atoms with Gasteiger partial charge in [0.15, 0.2) is 0 Å². The van der Waals surface area contributed by atoms with Crippen molar-refractivity contribution in [1.29, 1.82) is 0 Å². The molecule has 6 heteroatoms. The standard InChI is InChI=1S/C30H46O6/c1-15-10-11-30(25(35)36)13-12-27(5)17(20(30)16(15)2)8-9-19-28(27,6)14-18(31)22-26(3,4)23(33)21(32)24(34)29(19,22)7/h8,10-11,15-16,18-24,31-34H,9,12-14H2,1-7H3,(H,35,36)/t15-,16+,18-,19-,20+,21+,22-,23+,24+,27-,28-,29-,30+/m1/s1. The summed E-state index contributed by atoms with van der Waals surface area (Å²) >= 11 is 0. The first-order valence-electron chi connectivity index (χ1n) is 13.9. The highest BCUT2D eigenvalue weighted by atomic mass is 16.4. The highest BCUT2D eigenvalue weighted by molar-refractivity contribution is 5.79. The quantitative estimate of drug-likeness (QED) is 0.348. The number of aliphatic hydroxyl groups excluding tert-OH is 4. The van der Waals surface area contributed by atoms with Crippen molar-refractivity contribution in [2.75, 3.05) is 0 Å². The van der Waals surface area contributed by atoms with Gasteiger partial charge in [-0.05, 0) is 59.7 Å². The average Bonchev–Trinajstić information content (AvgIpc) is 2.79. The highest BCUT2D eigenvalue weighted by Crippen LogP contribution is 2.75. The van der Waals surface area contributed by atoms with Crippen LogP contribution in [0.15, 0.2) is 23.8 Å². The van der Waals surface area contributed by atoms with Crippen molar-refractivity contribution in [3.05, 3.63) is 23.8 Å². The molecule has 0 aliphatic heterocycles. The Labute approximate surface area is 215 Å². The summed E-state index contributed by atoms with van der Waals surface area (Å²) in [5.41, 5.74) is -2.05. The van der Waals surface area contributed by atoms with Crippen LogP contribution in [0.1, 0.15) is 74.1 Å². The van der Waals surface area contributed by atoms with Crippen LogP contribution in [0.4, 0.5) is 0 Å². The first-order valence-corrected chi connectivity index (χ1v) is 13.9. The molecule has 0 aromatic heterocycles. The molecular weight excluding hydrogens is 456 g/mol. The van der Waals surface area contributed by atoms with Crippen molar-refractivity contribution in [2.24, 2.45) is 56.7 Å². The van der Waals surface area contributed by atoms with E-state index in [1.165, 1.54) is 5.57 Å². The number of aliphatic hydroxyl groups is 4. The minimum atomic E-state index is -1.29. The molecular formula is C30H46O6. The van der Waals surface area contributed by atoms with Crippen LogP contribution in [0.5, 0.6) is 0 Å². The predicted molar refractivity (Wildman–Crippen MR) is 137 cm³/mol. The molecule has 5 rings (SSSR count). The van der Waals surface area contributed by atoms with Crippen LogP contribution in [0.25, 0.3) is 0 Å². The largest absolute Gasteiger partial charge is 0.481 e. The Morgan fingerprint density at radius 1 is 0.972 bits per heavy atom. The van der Waals surface area contributed by atoms with Gasteiger partial charge in [-0.3, -0.25) is 4.79 Å². The SMILES string of the molecule is C[C@H]1[C@H](C)C=C[C@]2(C(=O)O)CC[C@]3(C)C(=CC[C@H]4[C@]5(C)[C@H]([C@H](O)C[C@]43C)C(C)(C)[C@@H](O)[C@H](O)[C@@H]5O)[C@H]12. The number of carboxylic acid groups (broad SMARTS) is 1. The second kappa shape index (κ2) is 7.68. The number of carboxylic acids is 1. The van der Waals surface area contributed by atoms with E-state index in [0.29, 0.717) is 25.7 Å². The van der Waals surface area contributed by atoms with E-state index >= 15 is 0 Å². The molecule has 0 spiro atoms. The first kappa shape index (κ1) is 26.4. The maximum absolute atomic E-state index is 12.8. The van der Waals surface area contributed by atoms with E-state index in [2.05, 4.69) is 39.8 Å². The van der Waals surface area contributed by atoms with Crippen LogP contribution in [0.3, 0.4) is 0 Å². The van der Waals surface area contributed by atoms with Gasteiger partial charge in [0, 0.05) is 17.3 Å². The summed E-state index contributed by atoms with van der Waals surface area (Å²) in [6.45, 7) is 14.6. The predicted octanol–water partition coefficient (Wildman–Crippen LogP) is 3.78. The first-order chi connectivity index (χ1) is 16.5. The third-order valence-electron chi connectivity index (χ3n) is 12.9. The van der Waals surface area contributed by atoms with Gasteiger partial charge in [-0.1, -0.05) is 72.3 Å². The fraction of sp³-hybridized carbons (Fsp3) is 0.833. The van der Waals surface area contributed by atoms with Gasteiger partial charge in [0.1, 0.15) is 6.10 Å². The highest BCUT2D eigenvalue weighted by Gasteiger charge is 2.74. The second-order valence-electron chi connectivity index (χ2n) is 14.4. The normalized spacial score (nSPS) is 57.5. The third-order valence-corrected chi connectivity index (χ3v) is 12.9. The van der Waals surface area contributed by atoms with Crippen LogP contribution in [-0.2, 0) is 4.79 Å². The Balaban J connectivity index is 1.69. The van der Waals surface area contributed by atoms with Crippen LogP contribution in [0.2, 0.25) is 0 Å². The fourth-order valence-corrected chi connectivity index (χ4v) is 10.6. The zero-order valence-electron chi connectivity index (χ0n) is 22.9. The molecule has 13 atom stereocenters. The fourth-order valence-electron chi connectivity index (χ4n) is 10.6. The molecule has 0 amide bonds. The molecule has 0 radical (unpaired) electrons. The lowest BCUT2D eigenvalue weighted by molar-refractivity contribution is -0.301. The molecule has 202 valence electrons. The summed E-state index contributed by atoms with van der Waals surface area (Å²) in [5, 5.41) is 55.7. The number of carbonyl (C=O) groups is 1. The van der Waals surface area contributed by atoms with E-state index in [-0.39, 0.29) is 35.0 Å². The van der Waals surface area contributed by atoms with Gasteiger partial charge >= 0.3 is 5.97 Å². The molecule has 36 heavy (non-hydrogen) atoms. The molecule has 0 unspecified atom stereocenters. The summed E-state index contributed by atoms with van der Waals surface area (Å²) < 4.78 is 0. The van der Waals surface area contributed by atoms with E-state index in [1.54, 1.807) is 0 Å². The van der Waals surface area contributed by atoms with Crippen molar-refractivity contribution < 1.29 is 30.3 Å². The van der Waals surface area contributed by atoms with Crippen LogP contribution >= 0.6 is 0 Å². The van der Waals surface area contributed by atoms with Gasteiger partial charge in [0.25, 0.3) is 0 Å². The molecule has 0 saturated heterocycles. The lowest BCUT2D eigenvalue weighted by Gasteiger charge is -2.73. The van der Waals surface area contributed by atoms with Crippen LogP contribution < -0.4 is 0 Å². The van der Waals surface area contributed by atoms with E-state index < -0.39 is 52.0 Å². The Morgan fingerprint density at radius 2 is 1.61 bits per heavy atom. The number of rotatable bonds is 1. The number of hydrogen-bond donors (Lipinski definition) is 5. The lowest BCUT2D eigenvalue weighted by Crippen LogP contribution is -2.74. The van der Waals surface area contributed by atoms with Crippen molar-refractivity contribution in [3.8, 4) is 0 Å². The van der Waals surface area contributed by atoms with Gasteiger partial charge in [-0.25, -0.2) is 0 Å². The number of hydrogen-bond acceptors (Lipinski definition) is 5. The van der Waals surface area contributed by atoms with E-state index in [0.717, 1.165) is 0 Å². The van der Waals surface area contributed by atoms with Gasteiger partial charge in [-0.2, -0.15) is 0 Å². The number of fused-ring (bicyclic) bond motifs is 7. The number of allylic oxidation sites excluding steroid dienone is 3.